The molecule has 2 aliphatic rings. The molecule has 1 aliphatic heterocycles. The molecule has 0 aromatic rings. The summed E-state index contributed by atoms with van der Waals surface area (Å²) in [5.74, 6) is 1.65. The number of likely N-dealkylation sites (tertiary alicyclic amines) is 1. The molecule has 1 atom stereocenters. The zero-order valence-electron chi connectivity index (χ0n) is 16.8. The molecule has 3 N–H and O–H groups in total. The van der Waals surface area contributed by atoms with E-state index in [-0.39, 0.29) is 0 Å². The fourth-order valence-corrected chi connectivity index (χ4v) is 5.07. The summed E-state index contributed by atoms with van der Waals surface area (Å²) in [6.45, 7) is 10.3. The number of hydrogen-bond donors (Lipinski definition) is 3. The molecule has 152 valence electrons. The summed E-state index contributed by atoms with van der Waals surface area (Å²) in [6, 6.07) is 0.403. The van der Waals surface area contributed by atoms with Crippen LogP contribution >= 0.6 is 0 Å². The van der Waals surface area contributed by atoms with Crippen LogP contribution in [0.2, 0.25) is 0 Å². The van der Waals surface area contributed by atoms with Crippen molar-refractivity contribution in [1.29, 1.82) is 0 Å². The average molecular weight is 388 g/mol. The fourth-order valence-electron chi connectivity index (χ4n) is 4.00. The maximum absolute atomic E-state index is 11.5. The summed E-state index contributed by atoms with van der Waals surface area (Å²) in [7, 11) is -3.25. The molecule has 0 amide bonds. The van der Waals surface area contributed by atoms with Crippen molar-refractivity contribution in [2.75, 3.05) is 39.0 Å². The highest BCUT2D eigenvalue weighted by Crippen LogP contribution is 2.26. The molecule has 1 unspecified atom stereocenters. The summed E-state index contributed by atoms with van der Waals surface area (Å²) in [6.07, 6.45) is 7.88. The molecule has 7 nitrogen and oxygen atoms in total. The van der Waals surface area contributed by atoms with Crippen molar-refractivity contribution >= 4 is 16.0 Å². The van der Waals surface area contributed by atoms with Gasteiger partial charge in [0.05, 0.1) is 12.8 Å². The van der Waals surface area contributed by atoms with Crippen LogP contribution < -0.4 is 15.4 Å². The molecule has 0 aromatic heterocycles. The first kappa shape index (κ1) is 21.4. The van der Waals surface area contributed by atoms with E-state index in [1.807, 2.05) is 20.8 Å². The highest BCUT2D eigenvalue weighted by atomic mass is 32.2. The summed E-state index contributed by atoms with van der Waals surface area (Å²) in [5.41, 5.74) is -0.611. The standard InChI is InChI=1S/C18H37N5O2S/c1-5-19-17(20-14-18(2,3)22-26(4,24)25)21-16-10-11-23(13-16)12-15-8-6-7-9-15/h15-16,22H,5-14H2,1-4H3,(H2,19,20,21). The number of aliphatic imine (C=N–C) groups is 1. The number of rotatable bonds is 8. The molecular weight excluding hydrogens is 350 g/mol. The van der Waals surface area contributed by atoms with E-state index in [2.05, 4.69) is 25.2 Å². The highest BCUT2D eigenvalue weighted by molar-refractivity contribution is 7.88. The van der Waals surface area contributed by atoms with Crippen LogP contribution in [0.3, 0.4) is 0 Å². The van der Waals surface area contributed by atoms with Gasteiger partial charge in [0.15, 0.2) is 5.96 Å². The quantitative estimate of drug-likeness (QED) is 0.429. The van der Waals surface area contributed by atoms with Crippen LogP contribution in [0.15, 0.2) is 4.99 Å². The van der Waals surface area contributed by atoms with Crippen molar-refractivity contribution in [1.82, 2.24) is 20.3 Å². The predicted molar refractivity (Wildman–Crippen MR) is 108 cm³/mol. The van der Waals surface area contributed by atoms with E-state index in [9.17, 15) is 8.42 Å². The van der Waals surface area contributed by atoms with Gasteiger partial charge in [-0.1, -0.05) is 12.8 Å². The topological polar surface area (TPSA) is 85.8 Å². The lowest BCUT2D eigenvalue weighted by Gasteiger charge is -2.24. The van der Waals surface area contributed by atoms with Gasteiger partial charge in [0.1, 0.15) is 0 Å². The molecule has 8 heteroatoms. The number of sulfonamides is 1. The van der Waals surface area contributed by atoms with Crippen LogP contribution in [-0.2, 0) is 10.0 Å². The van der Waals surface area contributed by atoms with Gasteiger partial charge < -0.3 is 15.5 Å². The SMILES string of the molecule is CCNC(=NCC(C)(C)NS(C)(=O)=O)NC1CCN(CC2CCCC2)C1. The molecule has 2 fully saturated rings. The second-order valence-electron chi connectivity index (χ2n) is 8.49. The van der Waals surface area contributed by atoms with E-state index in [1.165, 1.54) is 38.5 Å². The second kappa shape index (κ2) is 9.37. The summed E-state index contributed by atoms with van der Waals surface area (Å²) >= 11 is 0. The largest absolute Gasteiger partial charge is 0.357 e. The van der Waals surface area contributed by atoms with Crippen molar-refractivity contribution in [3.63, 3.8) is 0 Å². The molecule has 2 rings (SSSR count). The number of nitrogens with zero attached hydrogens (tertiary/aromatic N) is 2. The minimum Gasteiger partial charge on any atom is -0.357 e. The Kier molecular flexibility index (Phi) is 7.73. The van der Waals surface area contributed by atoms with Crippen molar-refractivity contribution in [3.8, 4) is 0 Å². The van der Waals surface area contributed by atoms with Gasteiger partial charge in [-0.15, -0.1) is 0 Å². The Labute approximate surface area is 159 Å². The van der Waals surface area contributed by atoms with Crippen LogP contribution in [-0.4, -0.2) is 69.8 Å². The highest BCUT2D eigenvalue weighted by Gasteiger charge is 2.27. The Morgan fingerprint density at radius 3 is 2.54 bits per heavy atom. The molecule has 0 bridgehead atoms. The molecule has 1 saturated carbocycles. The van der Waals surface area contributed by atoms with Crippen molar-refractivity contribution in [3.05, 3.63) is 0 Å². The smallest absolute Gasteiger partial charge is 0.209 e. The molecule has 26 heavy (non-hydrogen) atoms. The number of guanidine groups is 1. The van der Waals surface area contributed by atoms with E-state index in [4.69, 9.17) is 0 Å². The second-order valence-corrected chi connectivity index (χ2v) is 10.2. The van der Waals surface area contributed by atoms with Gasteiger partial charge >= 0.3 is 0 Å². The average Bonchev–Trinajstić information content (AvgIpc) is 3.15. The van der Waals surface area contributed by atoms with E-state index in [0.717, 1.165) is 37.9 Å². The molecule has 1 saturated heterocycles. The number of nitrogens with one attached hydrogen (secondary N) is 3. The van der Waals surface area contributed by atoms with Crippen LogP contribution in [0.1, 0.15) is 52.9 Å². The summed E-state index contributed by atoms with van der Waals surface area (Å²) in [4.78, 5) is 7.19. The van der Waals surface area contributed by atoms with Crippen LogP contribution in [0, 0.1) is 5.92 Å². The maximum Gasteiger partial charge on any atom is 0.209 e. The summed E-state index contributed by atoms with van der Waals surface area (Å²) < 4.78 is 25.6. The lowest BCUT2D eigenvalue weighted by molar-refractivity contribution is 0.275. The molecule has 0 radical (unpaired) electrons. The first-order valence-corrected chi connectivity index (χ1v) is 11.8. The number of hydrogen-bond acceptors (Lipinski definition) is 4. The third-order valence-corrected chi connectivity index (χ3v) is 5.97. The first-order valence-electron chi connectivity index (χ1n) is 9.93. The fraction of sp³-hybridized carbons (Fsp3) is 0.944. The van der Waals surface area contributed by atoms with E-state index in [0.29, 0.717) is 12.6 Å². The Morgan fingerprint density at radius 2 is 1.92 bits per heavy atom. The van der Waals surface area contributed by atoms with Gasteiger partial charge in [-0.05, 0) is 46.0 Å². The minimum atomic E-state index is -3.25. The molecule has 0 spiro atoms. The molecule has 0 aromatic carbocycles. The van der Waals surface area contributed by atoms with Gasteiger partial charge in [0, 0.05) is 37.8 Å². The third-order valence-electron chi connectivity index (χ3n) is 5.04. The summed E-state index contributed by atoms with van der Waals surface area (Å²) in [5, 5.41) is 6.80. The van der Waals surface area contributed by atoms with Crippen LogP contribution in [0.25, 0.3) is 0 Å². The zero-order valence-corrected chi connectivity index (χ0v) is 17.7. The maximum atomic E-state index is 11.5. The van der Waals surface area contributed by atoms with Crippen molar-refractivity contribution < 1.29 is 8.42 Å². The van der Waals surface area contributed by atoms with Crippen LogP contribution in [0.4, 0.5) is 0 Å². The molecular formula is C18H37N5O2S. The lowest BCUT2D eigenvalue weighted by atomic mass is 10.1. The Morgan fingerprint density at radius 1 is 1.23 bits per heavy atom. The monoisotopic (exact) mass is 387 g/mol. The minimum absolute atomic E-state index is 0.383. The third kappa shape index (κ3) is 7.80. The lowest BCUT2D eigenvalue weighted by Crippen LogP contribution is -2.48. The van der Waals surface area contributed by atoms with Crippen LogP contribution in [0.5, 0.6) is 0 Å². The van der Waals surface area contributed by atoms with E-state index < -0.39 is 15.6 Å². The normalized spacial score (nSPS) is 23.5. The molecule has 1 aliphatic carbocycles. The molecule has 1 heterocycles. The van der Waals surface area contributed by atoms with Crippen molar-refractivity contribution in [2.45, 2.75) is 64.5 Å². The van der Waals surface area contributed by atoms with Gasteiger partial charge in [0.2, 0.25) is 10.0 Å². The predicted octanol–water partition coefficient (Wildman–Crippen LogP) is 1.13. The Hall–Kier alpha value is -0.860. The Balaban J connectivity index is 1.85. The van der Waals surface area contributed by atoms with E-state index >= 15 is 0 Å². The Bertz CT molecular complexity index is 570. The van der Waals surface area contributed by atoms with Gasteiger partial charge in [-0.2, -0.15) is 0 Å². The first-order chi connectivity index (χ1) is 12.2. The van der Waals surface area contributed by atoms with Gasteiger partial charge in [-0.3, -0.25) is 4.99 Å². The van der Waals surface area contributed by atoms with Crippen molar-refractivity contribution in [2.24, 2.45) is 10.9 Å². The zero-order chi connectivity index (χ0) is 19.2. The van der Waals surface area contributed by atoms with Gasteiger partial charge in [0.25, 0.3) is 0 Å². The van der Waals surface area contributed by atoms with E-state index in [1.54, 1.807) is 0 Å². The van der Waals surface area contributed by atoms with Gasteiger partial charge in [-0.25, -0.2) is 13.1 Å².